The Kier molecular flexibility index (Phi) is 32.4. The molecule has 0 heterocycles. The molecule has 0 bridgehead atoms. The van der Waals surface area contributed by atoms with Crippen LogP contribution in [-0.4, -0.2) is 169 Å². The van der Waals surface area contributed by atoms with Gasteiger partial charge in [0.05, 0.1) is 119 Å². The van der Waals surface area contributed by atoms with Crippen LogP contribution in [0.15, 0.2) is 0 Å². The SMILES string of the molecule is CNCCOCCOCCOCCOCCOCCOCCOCCOCCOCCNC(=O)COCC(=O)O. The maximum Gasteiger partial charge on any atom is 0.329 e. The second-order valence-electron chi connectivity index (χ2n) is 7.85. The zero-order valence-electron chi connectivity index (χ0n) is 23.9. The largest absolute Gasteiger partial charge is 0.480 e. The highest BCUT2D eigenvalue weighted by Crippen LogP contribution is 1.86. The number of carboxylic acids is 1. The van der Waals surface area contributed by atoms with Gasteiger partial charge in [0.25, 0.3) is 0 Å². The maximum atomic E-state index is 11.3. The van der Waals surface area contributed by atoms with E-state index in [9.17, 15) is 9.59 Å². The molecule has 0 unspecified atom stereocenters. The van der Waals surface area contributed by atoms with Gasteiger partial charge in [0.15, 0.2) is 0 Å². The minimum absolute atomic E-state index is 0.298. The van der Waals surface area contributed by atoms with Gasteiger partial charge in [0, 0.05) is 13.1 Å². The number of hydrogen-bond acceptors (Lipinski definition) is 13. The van der Waals surface area contributed by atoms with Gasteiger partial charge in [0.1, 0.15) is 13.2 Å². The molecule has 40 heavy (non-hydrogen) atoms. The number of ether oxygens (including phenoxy) is 10. The summed E-state index contributed by atoms with van der Waals surface area (Å²) in [7, 11) is 1.89. The number of likely N-dealkylation sites (N-methyl/N-ethyl adjacent to an activating group) is 1. The van der Waals surface area contributed by atoms with Gasteiger partial charge in [0.2, 0.25) is 5.91 Å². The lowest BCUT2D eigenvalue weighted by Gasteiger charge is -2.09. The molecule has 238 valence electrons. The van der Waals surface area contributed by atoms with Crippen molar-refractivity contribution in [2.45, 2.75) is 0 Å². The van der Waals surface area contributed by atoms with Gasteiger partial charge >= 0.3 is 5.97 Å². The first kappa shape index (κ1) is 38.5. The number of rotatable bonds is 34. The van der Waals surface area contributed by atoms with E-state index < -0.39 is 18.5 Å². The highest BCUT2D eigenvalue weighted by atomic mass is 16.6. The molecule has 3 N–H and O–H groups in total. The number of hydrogen-bond donors (Lipinski definition) is 3. The topological polar surface area (TPSA) is 171 Å². The molecule has 0 aliphatic rings. The molecule has 0 aliphatic carbocycles. The van der Waals surface area contributed by atoms with E-state index in [-0.39, 0.29) is 6.61 Å². The van der Waals surface area contributed by atoms with Crippen molar-refractivity contribution in [1.29, 1.82) is 0 Å². The summed E-state index contributed by atoms with van der Waals surface area (Å²) in [5.41, 5.74) is 0. The van der Waals surface area contributed by atoms with E-state index >= 15 is 0 Å². The van der Waals surface area contributed by atoms with Crippen LogP contribution in [-0.2, 0) is 57.0 Å². The molecule has 0 rings (SSSR count). The molecule has 0 aromatic heterocycles. The van der Waals surface area contributed by atoms with E-state index in [4.69, 9.17) is 47.7 Å². The summed E-state index contributed by atoms with van der Waals surface area (Å²) >= 11 is 0. The van der Waals surface area contributed by atoms with Crippen LogP contribution in [0.5, 0.6) is 0 Å². The number of carbonyl (C=O) groups excluding carboxylic acids is 1. The first-order valence-corrected chi connectivity index (χ1v) is 13.6. The minimum atomic E-state index is -1.12. The number of carbonyl (C=O) groups is 2. The Morgan fingerprint density at radius 2 is 0.750 bits per heavy atom. The number of nitrogens with one attached hydrogen (secondary N) is 2. The van der Waals surface area contributed by atoms with Crippen molar-refractivity contribution in [3.8, 4) is 0 Å². The quantitative estimate of drug-likeness (QED) is 0.0750. The van der Waals surface area contributed by atoms with Gasteiger partial charge in [-0.1, -0.05) is 0 Å². The molecule has 15 nitrogen and oxygen atoms in total. The summed E-state index contributed by atoms with van der Waals surface area (Å²) in [6.07, 6.45) is 0. The third-order valence-electron chi connectivity index (χ3n) is 4.50. The van der Waals surface area contributed by atoms with E-state index in [0.717, 1.165) is 6.54 Å². The van der Waals surface area contributed by atoms with Crippen molar-refractivity contribution in [3.05, 3.63) is 0 Å². The van der Waals surface area contributed by atoms with Crippen molar-refractivity contribution >= 4 is 11.9 Å². The Morgan fingerprint density at radius 3 is 1.05 bits per heavy atom. The van der Waals surface area contributed by atoms with Crippen LogP contribution < -0.4 is 10.6 Å². The molecule has 0 aromatic carbocycles. The van der Waals surface area contributed by atoms with Gasteiger partial charge in [-0.15, -0.1) is 0 Å². The summed E-state index contributed by atoms with van der Waals surface area (Å²) in [5, 5.41) is 14.0. The first-order chi connectivity index (χ1) is 19.7. The summed E-state index contributed by atoms with van der Waals surface area (Å²) in [5.74, 6) is -1.52. The molecule has 0 saturated carbocycles. The molecule has 0 saturated heterocycles. The van der Waals surface area contributed by atoms with Crippen LogP contribution in [0.4, 0.5) is 0 Å². The molecular weight excluding hydrogens is 536 g/mol. The molecular formula is C25H50N2O13. The van der Waals surface area contributed by atoms with E-state index in [2.05, 4.69) is 15.4 Å². The van der Waals surface area contributed by atoms with Crippen molar-refractivity contribution in [2.75, 3.05) is 152 Å². The standard InChI is InChI=1S/C25H50N2O13/c1-26-2-4-31-6-8-33-10-12-35-14-16-37-18-20-39-21-19-38-17-15-36-13-11-34-9-7-32-5-3-27-24(28)22-40-23-25(29)30/h26H,2-23H2,1H3,(H,27,28)(H,29,30). The van der Waals surface area contributed by atoms with Crippen LogP contribution in [0.2, 0.25) is 0 Å². The Bertz CT molecular complexity index is 547. The highest BCUT2D eigenvalue weighted by Gasteiger charge is 2.03. The van der Waals surface area contributed by atoms with Crippen LogP contribution in [0, 0.1) is 0 Å². The minimum Gasteiger partial charge on any atom is -0.480 e. The van der Waals surface area contributed by atoms with Gasteiger partial charge in [-0.05, 0) is 7.05 Å². The zero-order valence-corrected chi connectivity index (χ0v) is 23.9. The van der Waals surface area contributed by atoms with Crippen LogP contribution in [0.3, 0.4) is 0 Å². The fourth-order valence-electron chi connectivity index (χ4n) is 2.58. The Labute approximate surface area is 237 Å². The van der Waals surface area contributed by atoms with E-state index in [1.54, 1.807) is 0 Å². The average Bonchev–Trinajstić information content (AvgIpc) is 2.94. The van der Waals surface area contributed by atoms with Crippen LogP contribution in [0.1, 0.15) is 0 Å². The maximum absolute atomic E-state index is 11.3. The van der Waals surface area contributed by atoms with Crippen molar-refractivity contribution in [3.63, 3.8) is 0 Å². The van der Waals surface area contributed by atoms with Crippen molar-refractivity contribution in [1.82, 2.24) is 10.6 Å². The number of carboxylic acid groups (broad SMARTS) is 1. The smallest absolute Gasteiger partial charge is 0.329 e. The normalized spacial score (nSPS) is 11.2. The van der Waals surface area contributed by atoms with E-state index in [0.29, 0.717) is 125 Å². The van der Waals surface area contributed by atoms with E-state index in [1.165, 1.54) is 0 Å². The Hall–Kier alpha value is -1.50. The van der Waals surface area contributed by atoms with Crippen LogP contribution in [0.25, 0.3) is 0 Å². The van der Waals surface area contributed by atoms with Gasteiger partial charge in [-0.2, -0.15) is 0 Å². The lowest BCUT2D eigenvalue weighted by molar-refractivity contribution is -0.143. The Balaban J connectivity index is 3.08. The summed E-state index contributed by atoms with van der Waals surface area (Å²) in [6, 6.07) is 0. The van der Waals surface area contributed by atoms with Crippen molar-refractivity contribution < 1.29 is 62.1 Å². The zero-order chi connectivity index (χ0) is 29.2. The number of aliphatic carboxylic acids is 1. The third-order valence-corrected chi connectivity index (χ3v) is 4.50. The third kappa shape index (κ3) is 34.5. The molecule has 0 aromatic rings. The highest BCUT2D eigenvalue weighted by molar-refractivity contribution is 5.77. The molecule has 0 spiro atoms. The van der Waals surface area contributed by atoms with Gasteiger partial charge in [-0.3, -0.25) is 4.79 Å². The second kappa shape index (κ2) is 33.7. The molecule has 0 aliphatic heterocycles. The lowest BCUT2D eigenvalue weighted by Crippen LogP contribution is -2.31. The lowest BCUT2D eigenvalue weighted by atomic mass is 10.6. The summed E-state index contributed by atoms with van der Waals surface area (Å²) in [6.45, 7) is 9.17. The molecule has 1 amide bonds. The Morgan fingerprint density at radius 1 is 0.450 bits per heavy atom. The molecule has 0 atom stereocenters. The summed E-state index contributed by atoms with van der Waals surface area (Å²) < 4.78 is 53.2. The van der Waals surface area contributed by atoms with Gasteiger partial charge < -0.3 is 63.1 Å². The predicted octanol–water partition coefficient (Wildman–Crippen LogP) is -1.43. The van der Waals surface area contributed by atoms with Crippen molar-refractivity contribution in [2.24, 2.45) is 0 Å². The number of amides is 1. The molecule has 0 radical (unpaired) electrons. The van der Waals surface area contributed by atoms with Crippen LogP contribution >= 0.6 is 0 Å². The fourth-order valence-corrected chi connectivity index (χ4v) is 2.58. The monoisotopic (exact) mass is 586 g/mol. The average molecular weight is 587 g/mol. The van der Waals surface area contributed by atoms with Gasteiger partial charge in [-0.25, -0.2) is 4.79 Å². The van der Waals surface area contributed by atoms with E-state index in [1.807, 2.05) is 7.05 Å². The second-order valence-corrected chi connectivity index (χ2v) is 7.85. The fraction of sp³-hybridized carbons (Fsp3) is 0.920. The molecule has 0 fully saturated rings. The first-order valence-electron chi connectivity index (χ1n) is 13.6. The predicted molar refractivity (Wildman–Crippen MR) is 143 cm³/mol. The molecule has 15 heteroatoms. The summed E-state index contributed by atoms with van der Waals surface area (Å²) in [4.78, 5) is 21.6.